The monoisotopic (exact) mass is 382 g/mol. The minimum atomic E-state index is -0.437. The number of nitrogens with zero attached hydrogens (tertiary/aromatic N) is 2. The van der Waals surface area contributed by atoms with Crippen molar-refractivity contribution in [3.63, 3.8) is 0 Å². The maximum absolute atomic E-state index is 12.1. The van der Waals surface area contributed by atoms with E-state index in [0.717, 1.165) is 16.3 Å². The zero-order valence-corrected chi connectivity index (χ0v) is 15.2. The fourth-order valence-corrected chi connectivity index (χ4v) is 3.34. The first-order valence-electron chi connectivity index (χ1n) is 8.37. The van der Waals surface area contributed by atoms with Gasteiger partial charge in [-0.05, 0) is 6.07 Å². The Morgan fingerprint density at radius 2 is 1.81 bits per heavy atom. The first kappa shape index (κ1) is 18.5. The average Bonchev–Trinajstić information content (AvgIpc) is 3.14. The zero-order chi connectivity index (χ0) is 19.1. The van der Waals surface area contributed by atoms with Gasteiger partial charge in [-0.2, -0.15) is 0 Å². The van der Waals surface area contributed by atoms with Crippen molar-refractivity contribution >= 4 is 28.6 Å². The highest BCUT2D eigenvalue weighted by Gasteiger charge is 2.12. The second-order valence-electron chi connectivity index (χ2n) is 5.74. The van der Waals surface area contributed by atoms with Gasteiger partial charge in [0.1, 0.15) is 10.7 Å². The lowest BCUT2D eigenvalue weighted by molar-refractivity contribution is -0.384. The van der Waals surface area contributed by atoms with Crippen LogP contribution < -0.4 is 10.6 Å². The lowest BCUT2D eigenvalue weighted by atomic mass is 10.2. The molecule has 0 atom stereocenters. The predicted molar refractivity (Wildman–Crippen MR) is 106 cm³/mol. The molecule has 1 amide bonds. The molecular weight excluding hydrogens is 364 g/mol. The molecule has 3 rings (SSSR count). The first-order valence-corrected chi connectivity index (χ1v) is 9.25. The number of nitrogens with one attached hydrogen (secondary N) is 2. The van der Waals surface area contributed by atoms with Crippen LogP contribution in [0.25, 0.3) is 10.6 Å². The predicted octanol–water partition coefficient (Wildman–Crippen LogP) is 3.49. The Morgan fingerprint density at radius 1 is 1.07 bits per heavy atom. The Labute approximate surface area is 160 Å². The molecule has 0 radical (unpaired) electrons. The van der Waals surface area contributed by atoms with Crippen molar-refractivity contribution in [2.45, 2.75) is 6.42 Å². The molecule has 0 aliphatic rings. The van der Waals surface area contributed by atoms with Gasteiger partial charge >= 0.3 is 0 Å². The van der Waals surface area contributed by atoms with E-state index in [-0.39, 0.29) is 18.0 Å². The topological polar surface area (TPSA) is 97.2 Å². The second-order valence-corrected chi connectivity index (χ2v) is 6.60. The molecule has 2 aromatic carbocycles. The number of nitro benzene ring substituents is 1. The van der Waals surface area contributed by atoms with Gasteiger partial charge in [-0.15, -0.1) is 11.3 Å². The molecule has 0 fully saturated rings. The molecule has 27 heavy (non-hydrogen) atoms. The molecule has 0 spiro atoms. The van der Waals surface area contributed by atoms with Crippen molar-refractivity contribution in [2.75, 3.05) is 18.4 Å². The van der Waals surface area contributed by atoms with Crippen LogP contribution in [0.4, 0.5) is 11.4 Å². The van der Waals surface area contributed by atoms with Crippen LogP contribution in [0, 0.1) is 10.1 Å². The number of rotatable bonds is 8. The average molecular weight is 382 g/mol. The van der Waals surface area contributed by atoms with Crippen LogP contribution in [-0.4, -0.2) is 28.9 Å². The van der Waals surface area contributed by atoms with E-state index in [0.29, 0.717) is 18.8 Å². The van der Waals surface area contributed by atoms with Gasteiger partial charge in [-0.3, -0.25) is 14.9 Å². The van der Waals surface area contributed by atoms with E-state index >= 15 is 0 Å². The summed E-state index contributed by atoms with van der Waals surface area (Å²) in [6.07, 6.45) is 0.203. The smallest absolute Gasteiger partial charge is 0.292 e. The van der Waals surface area contributed by atoms with Gasteiger partial charge in [0, 0.05) is 30.1 Å². The Balaban J connectivity index is 1.46. The number of hydrogen-bond donors (Lipinski definition) is 2. The molecular formula is C19H18N4O3S. The molecule has 7 nitrogen and oxygen atoms in total. The van der Waals surface area contributed by atoms with Crippen molar-refractivity contribution in [1.82, 2.24) is 10.3 Å². The van der Waals surface area contributed by atoms with E-state index in [2.05, 4.69) is 15.6 Å². The minimum absolute atomic E-state index is 0.0136. The van der Waals surface area contributed by atoms with Crippen LogP contribution in [0.15, 0.2) is 60.0 Å². The van der Waals surface area contributed by atoms with Gasteiger partial charge in [-0.25, -0.2) is 4.98 Å². The van der Waals surface area contributed by atoms with E-state index in [1.807, 2.05) is 35.7 Å². The molecule has 8 heteroatoms. The third-order valence-corrected chi connectivity index (χ3v) is 4.72. The summed E-state index contributed by atoms with van der Waals surface area (Å²) in [5.74, 6) is -0.135. The van der Waals surface area contributed by atoms with E-state index in [1.54, 1.807) is 18.2 Å². The van der Waals surface area contributed by atoms with Crippen molar-refractivity contribution < 1.29 is 9.72 Å². The van der Waals surface area contributed by atoms with Gasteiger partial charge in [0.25, 0.3) is 5.69 Å². The van der Waals surface area contributed by atoms with Gasteiger partial charge in [0.2, 0.25) is 5.91 Å². The lowest BCUT2D eigenvalue weighted by Gasteiger charge is -2.08. The maximum atomic E-state index is 12.1. The van der Waals surface area contributed by atoms with Gasteiger partial charge in [0.15, 0.2) is 0 Å². The second kappa shape index (κ2) is 8.91. The number of aromatic nitrogens is 1. The molecule has 138 valence electrons. The normalized spacial score (nSPS) is 10.4. The summed E-state index contributed by atoms with van der Waals surface area (Å²) < 4.78 is 0. The van der Waals surface area contributed by atoms with Crippen LogP contribution in [0.5, 0.6) is 0 Å². The van der Waals surface area contributed by atoms with E-state index in [4.69, 9.17) is 0 Å². The number of carbonyl (C=O) groups excluding carboxylic acids is 1. The Morgan fingerprint density at radius 3 is 2.59 bits per heavy atom. The van der Waals surface area contributed by atoms with Crippen molar-refractivity contribution in [3.8, 4) is 10.6 Å². The quantitative estimate of drug-likeness (QED) is 0.353. The van der Waals surface area contributed by atoms with E-state index in [1.165, 1.54) is 17.4 Å². The van der Waals surface area contributed by atoms with E-state index < -0.39 is 4.92 Å². The van der Waals surface area contributed by atoms with Crippen molar-refractivity contribution in [2.24, 2.45) is 0 Å². The van der Waals surface area contributed by atoms with Crippen molar-refractivity contribution in [1.29, 1.82) is 0 Å². The molecule has 1 aromatic heterocycles. The molecule has 2 N–H and O–H groups in total. The van der Waals surface area contributed by atoms with Crippen LogP contribution in [-0.2, 0) is 11.2 Å². The summed E-state index contributed by atoms with van der Waals surface area (Å²) >= 11 is 1.51. The number of para-hydroxylation sites is 2. The Bertz CT molecular complexity index is 927. The van der Waals surface area contributed by atoms with Crippen molar-refractivity contribution in [3.05, 3.63) is 75.8 Å². The molecule has 0 bridgehead atoms. The minimum Gasteiger partial charge on any atom is -0.378 e. The summed E-state index contributed by atoms with van der Waals surface area (Å²) in [5.41, 5.74) is 2.20. The Hall–Kier alpha value is -3.26. The zero-order valence-electron chi connectivity index (χ0n) is 14.4. The Kier molecular flexibility index (Phi) is 6.11. The number of anilines is 1. The fraction of sp³-hybridized carbons (Fsp3) is 0.158. The number of nitro groups is 1. The molecule has 3 aromatic rings. The number of benzene rings is 2. The lowest BCUT2D eigenvalue weighted by Crippen LogP contribution is -2.30. The molecule has 0 unspecified atom stereocenters. The molecule has 0 aliphatic carbocycles. The van der Waals surface area contributed by atoms with Crippen LogP contribution in [0.2, 0.25) is 0 Å². The SMILES string of the molecule is O=C(Cc1csc(-c2ccccc2)n1)NCCNc1ccccc1[N+](=O)[O-]. The highest BCUT2D eigenvalue weighted by molar-refractivity contribution is 7.13. The molecule has 1 heterocycles. The van der Waals surface area contributed by atoms with Crippen LogP contribution in [0.1, 0.15) is 5.69 Å². The summed E-state index contributed by atoms with van der Waals surface area (Å²) in [5, 5.41) is 19.5. The maximum Gasteiger partial charge on any atom is 0.292 e. The fourth-order valence-electron chi connectivity index (χ4n) is 2.51. The van der Waals surface area contributed by atoms with E-state index in [9.17, 15) is 14.9 Å². The molecule has 0 saturated carbocycles. The van der Waals surface area contributed by atoms with Crippen LogP contribution in [0.3, 0.4) is 0 Å². The third-order valence-electron chi connectivity index (χ3n) is 3.78. The largest absolute Gasteiger partial charge is 0.378 e. The standard InChI is InChI=1S/C19H18N4O3S/c24-18(12-15-13-27-19(22-15)14-6-2-1-3-7-14)21-11-10-20-16-8-4-5-9-17(16)23(25)26/h1-9,13,20H,10-12H2,(H,21,24). The first-order chi connectivity index (χ1) is 13.1. The van der Waals surface area contributed by atoms with Gasteiger partial charge < -0.3 is 10.6 Å². The number of thiazole rings is 1. The summed E-state index contributed by atoms with van der Waals surface area (Å²) in [6, 6.07) is 16.2. The number of amides is 1. The highest BCUT2D eigenvalue weighted by Crippen LogP contribution is 2.24. The highest BCUT2D eigenvalue weighted by atomic mass is 32.1. The molecule has 0 saturated heterocycles. The van der Waals surface area contributed by atoms with Crippen LogP contribution >= 0.6 is 11.3 Å². The van der Waals surface area contributed by atoms with Gasteiger partial charge in [-0.1, -0.05) is 42.5 Å². The number of hydrogen-bond acceptors (Lipinski definition) is 6. The third kappa shape index (κ3) is 5.11. The summed E-state index contributed by atoms with van der Waals surface area (Å²) in [4.78, 5) is 27.1. The number of carbonyl (C=O) groups is 1. The summed E-state index contributed by atoms with van der Waals surface area (Å²) in [6.45, 7) is 0.753. The summed E-state index contributed by atoms with van der Waals surface area (Å²) in [7, 11) is 0. The molecule has 0 aliphatic heterocycles. The van der Waals surface area contributed by atoms with Gasteiger partial charge in [0.05, 0.1) is 17.0 Å².